The number of rotatable bonds is 3. The van der Waals surface area contributed by atoms with Gasteiger partial charge >= 0.3 is 5.97 Å². The molecule has 1 saturated carbocycles. The van der Waals surface area contributed by atoms with Crippen molar-refractivity contribution in [3.8, 4) is 0 Å². The number of hydrogen-bond donors (Lipinski definition) is 1. The summed E-state index contributed by atoms with van der Waals surface area (Å²) in [6.07, 6.45) is 2.12. The van der Waals surface area contributed by atoms with E-state index >= 15 is 0 Å². The summed E-state index contributed by atoms with van der Waals surface area (Å²) in [5.41, 5.74) is -3.59. The number of carbonyl (C=O) groups excluding carboxylic acids is 2. The average Bonchev–Trinajstić information content (AvgIpc) is 3.13. The maximum Gasteiger partial charge on any atom is 0.343 e. The first kappa shape index (κ1) is 15.2. The van der Waals surface area contributed by atoms with E-state index in [1.165, 1.54) is 18.7 Å². The Hall–Kier alpha value is -1.66. The predicted molar refractivity (Wildman–Crippen MR) is 74.7 cm³/mol. The Labute approximate surface area is 128 Å². The first-order valence-corrected chi connectivity index (χ1v) is 7.66. The molecule has 7 heteroatoms. The Balaban J connectivity index is 1.72. The molecule has 22 heavy (non-hydrogen) atoms. The standard InChI is InChI=1S/C15H21FN2O4/c1-14(2)7-17(8-15(14,16)13(21)22)12(20)9-5-11(19)18(6-9)10-3-4-10/h9-10H,3-8H2,1-2H3,(H,21,22). The second kappa shape index (κ2) is 4.67. The SMILES string of the molecule is CC1(C)CN(C(=O)C2CC(=O)N(C3CC3)C2)CC1(F)C(=O)O. The van der Waals surface area contributed by atoms with Gasteiger partial charge < -0.3 is 14.9 Å². The molecule has 0 aromatic heterocycles. The summed E-state index contributed by atoms with van der Waals surface area (Å²) in [7, 11) is 0. The normalized spacial score (nSPS) is 34.3. The number of hydrogen-bond acceptors (Lipinski definition) is 3. The van der Waals surface area contributed by atoms with Gasteiger partial charge in [0.15, 0.2) is 0 Å². The van der Waals surface area contributed by atoms with Gasteiger partial charge in [-0.05, 0) is 12.8 Å². The maximum atomic E-state index is 14.7. The van der Waals surface area contributed by atoms with Gasteiger partial charge in [0.1, 0.15) is 0 Å². The van der Waals surface area contributed by atoms with E-state index in [2.05, 4.69) is 0 Å². The van der Waals surface area contributed by atoms with E-state index in [-0.39, 0.29) is 30.8 Å². The summed E-state index contributed by atoms with van der Waals surface area (Å²) in [5, 5.41) is 9.16. The summed E-state index contributed by atoms with van der Waals surface area (Å²) in [4.78, 5) is 38.8. The minimum atomic E-state index is -2.44. The van der Waals surface area contributed by atoms with Crippen molar-refractivity contribution in [3.63, 3.8) is 0 Å². The second-order valence-electron chi connectivity index (χ2n) is 7.36. The number of nitrogens with zero attached hydrogens (tertiary/aromatic N) is 2. The lowest BCUT2D eigenvalue weighted by atomic mass is 9.79. The van der Waals surface area contributed by atoms with Gasteiger partial charge in [0.25, 0.3) is 0 Å². The van der Waals surface area contributed by atoms with Gasteiger partial charge in [-0.15, -0.1) is 0 Å². The predicted octanol–water partition coefficient (Wildman–Crippen LogP) is 0.659. The maximum absolute atomic E-state index is 14.7. The highest BCUT2D eigenvalue weighted by atomic mass is 19.1. The number of carboxylic acids is 1. The summed E-state index contributed by atoms with van der Waals surface area (Å²) < 4.78 is 14.7. The molecule has 2 saturated heterocycles. The van der Waals surface area contributed by atoms with Crippen LogP contribution in [0.3, 0.4) is 0 Å². The van der Waals surface area contributed by atoms with Crippen LogP contribution in [-0.2, 0) is 14.4 Å². The van der Waals surface area contributed by atoms with Crippen molar-refractivity contribution in [3.05, 3.63) is 0 Å². The van der Waals surface area contributed by atoms with Crippen LogP contribution in [0.2, 0.25) is 0 Å². The molecular formula is C15H21FN2O4. The minimum Gasteiger partial charge on any atom is -0.479 e. The van der Waals surface area contributed by atoms with Crippen molar-refractivity contribution in [1.82, 2.24) is 9.80 Å². The van der Waals surface area contributed by atoms with E-state index in [1.807, 2.05) is 0 Å². The number of halogens is 1. The highest BCUT2D eigenvalue weighted by Crippen LogP contribution is 2.43. The van der Waals surface area contributed by atoms with Crippen LogP contribution in [-0.4, -0.2) is 64.0 Å². The fraction of sp³-hybridized carbons (Fsp3) is 0.800. The lowest BCUT2D eigenvalue weighted by molar-refractivity contribution is -0.156. The Morgan fingerprint density at radius 2 is 1.91 bits per heavy atom. The van der Waals surface area contributed by atoms with Gasteiger partial charge in [0.2, 0.25) is 17.5 Å². The molecule has 2 heterocycles. The van der Waals surface area contributed by atoms with Crippen LogP contribution in [0.5, 0.6) is 0 Å². The van der Waals surface area contributed by atoms with Gasteiger partial charge in [-0.2, -0.15) is 0 Å². The molecule has 1 N–H and O–H groups in total. The smallest absolute Gasteiger partial charge is 0.343 e. The zero-order valence-electron chi connectivity index (χ0n) is 12.8. The molecule has 1 aliphatic carbocycles. The van der Waals surface area contributed by atoms with E-state index in [4.69, 9.17) is 5.11 Å². The van der Waals surface area contributed by atoms with Gasteiger partial charge in [0.05, 0.1) is 12.5 Å². The molecule has 2 atom stereocenters. The van der Waals surface area contributed by atoms with Gasteiger partial charge in [-0.1, -0.05) is 13.8 Å². The van der Waals surface area contributed by atoms with Crippen LogP contribution >= 0.6 is 0 Å². The monoisotopic (exact) mass is 312 g/mol. The van der Waals surface area contributed by atoms with Crippen molar-refractivity contribution in [2.24, 2.45) is 11.3 Å². The molecule has 0 aromatic rings. The van der Waals surface area contributed by atoms with Crippen molar-refractivity contribution in [2.45, 2.75) is 44.8 Å². The Kier molecular flexibility index (Phi) is 3.23. The summed E-state index contributed by atoms with van der Waals surface area (Å²) in [6, 6.07) is 0.264. The lowest BCUT2D eigenvalue weighted by Gasteiger charge is -2.27. The zero-order chi connectivity index (χ0) is 16.3. The van der Waals surface area contributed by atoms with Crippen LogP contribution in [0.1, 0.15) is 33.1 Å². The molecule has 122 valence electrons. The van der Waals surface area contributed by atoms with E-state index in [1.54, 1.807) is 4.90 Å². The van der Waals surface area contributed by atoms with E-state index in [0.717, 1.165) is 12.8 Å². The second-order valence-corrected chi connectivity index (χ2v) is 7.36. The van der Waals surface area contributed by atoms with Gasteiger partial charge in [-0.25, -0.2) is 9.18 Å². The van der Waals surface area contributed by atoms with Gasteiger partial charge in [0, 0.05) is 31.0 Å². The Morgan fingerprint density at radius 3 is 2.41 bits per heavy atom. The molecule has 0 bridgehead atoms. The molecule has 0 aromatic carbocycles. The van der Waals surface area contributed by atoms with Crippen molar-refractivity contribution >= 4 is 17.8 Å². The third-order valence-corrected chi connectivity index (χ3v) is 5.21. The number of likely N-dealkylation sites (tertiary alicyclic amines) is 2. The van der Waals surface area contributed by atoms with Crippen LogP contribution in [0, 0.1) is 11.3 Å². The average molecular weight is 312 g/mol. The highest BCUT2D eigenvalue weighted by molar-refractivity contribution is 5.91. The molecule has 2 unspecified atom stereocenters. The number of carboxylic acid groups (broad SMARTS) is 1. The van der Waals surface area contributed by atoms with Crippen LogP contribution < -0.4 is 0 Å². The summed E-state index contributed by atoms with van der Waals surface area (Å²) in [5.74, 6) is -2.33. The van der Waals surface area contributed by atoms with E-state index < -0.39 is 29.5 Å². The molecular weight excluding hydrogens is 291 g/mol. The van der Waals surface area contributed by atoms with Crippen molar-refractivity contribution in [1.29, 1.82) is 0 Å². The fourth-order valence-electron chi connectivity index (χ4n) is 3.54. The summed E-state index contributed by atoms with van der Waals surface area (Å²) >= 11 is 0. The molecule has 6 nitrogen and oxygen atoms in total. The Bertz CT molecular complexity index is 546. The van der Waals surface area contributed by atoms with Crippen LogP contribution in [0.25, 0.3) is 0 Å². The molecule has 0 radical (unpaired) electrons. The first-order chi connectivity index (χ1) is 10.2. The molecule has 3 fully saturated rings. The number of alkyl halides is 1. The molecule has 0 spiro atoms. The minimum absolute atomic E-state index is 0.0240. The Morgan fingerprint density at radius 1 is 1.27 bits per heavy atom. The van der Waals surface area contributed by atoms with Crippen LogP contribution in [0.4, 0.5) is 4.39 Å². The summed E-state index contributed by atoms with van der Waals surface area (Å²) in [6.45, 7) is 3.03. The third kappa shape index (κ3) is 2.18. The molecule has 2 aliphatic heterocycles. The number of carbonyl (C=O) groups is 3. The van der Waals surface area contributed by atoms with E-state index in [9.17, 15) is 18.8 Å². The van der Waals surface area contributed by atoms with Crippen molar-refractivity contribution < 1.29 is 23.9 Å². The third-order valence-electron chi connectivity index (χ3n) is 5.21. The van der Waals surface area contributed by atoms with Gasteiger partial charge in [-0.3, -0.25) is 9.59 Å². The number of aliphatic carboxylic acids is 1. The fourth-order valence-corrected chi connectivity index (χ4v) is 3.54. The first-order valence-electron chi connectivity index (χ1n) is 7.66. The molecule has 3 aliphatic rings. The number of amides is 2. The molecule has 2 amide bonds. The molecule has 3 rings (SSSR count). The topological polar surface area (TPSA) is 77.9 Å². The quantitative estimate of drug-likeness (QED) is 0.830. The largest absolute Gasteiger partial charge is 0.479 e. The van der Waals surface area contributed by atoms with Crippen LogP contribution in [0.15, 0.2) is 0 Å². The van der Waals surface area contributed by atoms with Crippen molar-refractivity contribution in [2.75, 3.05) is 19.6 Å². The van der Waals surface area contributed by atoms with E-state index in [0.29, 0.717) is 6.54 Å². The zero-order valence-corrected chi connectivity index (χ0v) is 12.8. The highest BCUT2D eigenvalue weighted by Gasteiger charge is 2.60. The lowest BCUT2D eigenvalue weighted by Crippen LogP contribution is -2.47.